The van der Waals surface area contributed by atoms with E-state index in [1.54, 1.807) is 19.1 Å². The third kappa shape index (κ3) is 2.96. The summed E-state index contributed by atoms with van der Waals surface area (Å²) in [6.45, 7) is 1.55. The second-order valence-electron chi connectivity index (χ2n) is 5.30. The fourth-order valence-corrected chi connectivity index (χ4v) is 2.88. The average molecular weight is 294 g/mol. The molecular weight excluding hydrogens is 276 g/mol. The molecule has 0 aromatic heterocycles. The molecule has 21 heavy (non-hydrogen) atoms. The normalized spacial score (nSPS) is 29.2. The van der Waals surface area contributed by atoms with Crippen molar-refractivity contribution in [2.45, 2.75) is 32.2 Å². The summed E-state index contributed by atoms with van der Waals surface area (Å²) >= 11 is 0. The topological polar surface area (TPSA) is 104 Å². The molecule has 2 rings (SSSR count). The first-order valence-electron chi connectivity index (χ1n) is 6.97. The molecule has 2 N–H and O–H groups in total. The summed E-state index contributed by atoms with van der Waals surface area (Å²) in [5.74, 6) is -4.02. The first-order chi connectivity index (χ1) is 9.95. The van der Waals surface area contributed by atoms with Crippen molar-refractivity contribution in [1.29, 1.82) is 0 Å². The number of carboxylic acids is 1. The second kappa shape index (κ2) is 6.07. The summed E-state index contributed by atoms with van der Waals surface area (Å²) in [4.78, 5) is 48.4. The van der Waals surface area contributed by atoms with Crippen molar-refractivity contribution in [2.24, 2.45) is 11.8 Å². The van der Waals surface area contributed by atoms with Gasteiger partial charge < -0.3 is 10.0 Å². The zero-order valence-corrected chi connectivity index (χ0v) is 11.7. The smallest absolute Gasteiger partial charge is 0.307 e. The van der Waals surface area contributed by atoms with Crippen LogP contribution in [0.3, 0.4) is 0 Å². The van der Waals surface area contributed by atoms with Crippen molar-refractivity contribution in [2.75, 3.05) is 6.54 Å². The van der Waals surface area contributed by atoms with Gasteiger partial charge in [0.05, 0.1) is 11.8 Å². The van der Waals surface area contributed by atoms with Gasteiger partial charge in [-0.2, -0.15) is 0 Å². The molecule has 1 aliphatic carbocycles. The molecule has 3 atom stereocenters. The van der Waals surface area contributed by atoms with E-state index in [0.717, 1.165) is 0 Å². The first-order valence-corrected chi connectivity index (χ1v) is 6.97. The predicted octanol–water partition coefficient (Wildman–Crippen LogP) is -0.0830. The molecule has 1 aliphatic heterocycles. The number of allylic oxidation sites excluding steroid dienone is 2. The third-order valence-electron chi connectivity index (χ3n) is 3.99. The van der Waals surface area contributed by atoms with Crippen LogP contribution in [0, 0.1) is 11.8 Å². The molecule has 0 aromatic rings. The van der Waals surface area contributed by atoms with E-state index in [0.29, 0.717) is 12.8 Å². The minimum Gasteiger partial charge on any atom is -0.481 e. The SMILES string of the molecule is CCC1C(=O)NC(=O)CN1C(=O)[C@@H]1CC=CC[C@@H]1C(=O)O. The Morgan fingerprint density at radius 3 is 2.48 bits per heavy atom. The van der Waals surface area contributed by atoms with Gasteiger partial charge in [-0.3, -0.25) is 24.5 Å². The standard InChI is InChI=1S/C14H18N2O5/c1-2-10-12(18)15-11(17)7-16(10)13(19)8-5-3-4-6-9(8)14(20)21/h3-4,8-10H,2,5-7H2,1H3,(H,20,21)(H,15,17,18)/t8-,9+,10?/m1/s1. The fraction of sp³-hybridized carbons (Fsp3) is 0.571. The summed E-state index contributed by atoms with van der Waals surface area (Å²) in [5.41, 5.74) is 0. The van der Waals surface area contributed by atoms with Crippen molar-refractivity contribution in [1.82, 2.24) is 10.2 Å². The molecule has 114 valence electrons. The van der Waals surface area contributed by atoms with Crippen LogP contribution in [0.15, 0.2) is 12.2 Å². The molecule has 3 amide bonds. The molecule has 7 heteroatoms. The Kier molecular flexibility index (Phi) is 4.40. The zero-order valence-electron chi connectivity index (χ0n) is 11.7. The Hall–Kier alpha value is -2.18. The number of nitrogens with one attached hydrogen (secondary N) is 1. The minimum absolute atomic E-state index is 0.199. The molecule has 0 bridgehead atoms. The van der Waals surface area contributed by atoms with Gasteiger partial charge >= 0.3 is 5.97 Å². The van der Waals surface area contributed by atoms with Gasteiger partial charge in [0, 0.05) is 0 Å². The highest BCUT2D eigenvalue weighted by Gasteiger charge is 2.42. The van der Waals surface area contributed by atoms with Crippen molar-refractivity contribution >= 4 is 23.7 Å². The lowest BCUT2D eigenvalue weighted by Crippen LogP contribution is -2.61. The van der Waals surface area contributed by atoms with Gasteiger partial charge in [-0.25, -0.2) is 0 Å². The Bertz CT molecular complexity index is 513. The number of carbonyl (C=O) groups is 4. The third-order valence-corrected chi connectivity index (χ3v) is 3.99. The number of aliphatic carboxylic acids is 1. The van der Waals surface area contributed by atoms with E-state index in [2.05, 4.69) is 5.32 Å². The predicted molar refractivity (Wildman–Crippen MR) is 71.9 cm³/mol. The van der Waals surface area contributed by atoms with Crippen molar-refractivity contribution in [3.05, 3.63) is 12.2 Å². The highest BCUT2D eigenvalue weighted by atomic mass is 16.4. The monoisotopic (exact) mass is 294 g/mol. The lowest BCUT2D eigenvalue weighted by atomic mass is 9.81. The summed E-state index contributed by atoms with van der Waals surface area (Å²) in [6, 6.07) is -0.712. The molecule has 1 saturated heterocycles. The molecule has 0 radical (unpaired) electrons. The molecule has 2 aliphatic rings. The second-order valence-corrected chi connectivity index (χ2v) is 5.30. The number of hydrogen-bond donors (Lipinski definition) is 2. The van der Waals surface area contributed by atoms with Gasteiger partial charge in [-0.05, 0) is 19.3 Å². The molecule has 0 saturated carbocycles. The lowest BCUT2D eigenvalue weighted by molar-refractivity contribution is -0.156. The van der Waals surface area contributed by atoms with Gasteiger partial charge in [-0.15, -0.1) is 0 Å². The van der Waals surface area contributed by atoms with Gasteiger partial charge in [0.15, 0.2) is 0 Å². The van der Waals surface area contributed by atoms with Crippen LogP contribution in [0.25, 0.3) is 0 Å². The maximum atomic E-state index is 12.6. The highest BCUT2D eigenvalue weighted by Crippen LogP contribution is 2.29. The Labute approximate surface area is 122 Å². The van der Waals surface area contributed by atoms with Crippen LogP contribution in [-0.4, -0.2) is 46.3 Å². The molecule has 0 spiro atoms. The van der Waals surface area contributed by atoms with E-state index in [-0.39, 0.29) is 13.0 Å². The molecule has 1 fully saturated rings. The van der Waals surface area contributed by atoms with Crippen LogP contribution in [0.4, 0.5) is 0 Å². The van der Waals surface area contributed by atoms with E-state index in [9.17, 15) is 24.3 Å². The van der Waals surface area contributed by atoms with Gasteiger partial charge in [0.1, 0.15) is 12.6 Å². The van der Waals surface area contributed by atoms with E-state index in [1.165, 1.54) is 4.90 Å². The van der Waals surface area contributed by atoms with Crippen LogP contribution in [-0.2, 0) is 19.2 Å². The first kappa shape index (κ1) is 15.2. The quantitative estimate of drug-likeness (QED) is 0.559. The number of piperazine rings is 1. The number of rotatable bonds is 3. The van der Waals surface area contributed by atoms with E-state index >= 15 is 0 Å². The molecule has 7 nitrogen and oxygen atoms in total. The Morgan fingerprint density at radius 2 is 1.90 bits per heavy atom. The van der Waals surface area contributed by atoms with Gasteiger partial charge in [0.2, 0.25) is 17.7 Å². The Balaban J connectivity index is 2.23. The molecular formula is C14H18N2O5. The lowest BCUT2D eigenvalue weighted by Gasteiger charge is -2.37. The number of amides is 3. The van der Waals surface area contributed by atoms with E-state index in [1.807, 2.05) is 0 Å². The number of nitrogens with zero attached hydrogens (tertiary/aromatic N) is 1. The average Bonchev–Trinajstić information content (AvgIpc) is 2.45. The van der Waals surface area contributed by atoms with Crippen molar-refractivity contribution in [3.8, 4) is 0 Å². The summed E-state index contributed by atoms with van der Waals surface area (Å²) in [6.07, 6.45) is 4.50. The highest BCUT2D eigenvalue weighted by molar-refractivity contribution is 6.04. The number of carboxylic acid groups (broad SMARTS) is 1. The Morgan fingerprint density at radius 1 is 1.29 bits per heavy atom. The van der Waals surface area contributed by atoms with Crippen LogP contribution >= 0.6 is 0 Å². The number of hydrogen-bond acceptors (Lipinski definition) is 4. The summed E-state index contributed by atoms with van der Waals surface area (Å²) < 4.78 is 0. The number of carbonyl (C=O) groups excluding carboxylic acids is 3. The van der Waals surface area contributed by atoms with E-state index in [4.69, 9.17) is 0 Å². The van der Waals surface area contributed by atoms with E-state index < -0.39 is 41.6 Å². The van der Waals surface area contributed by atoms with Crippen molar-refractivity contribution in [3.63, 3.8) is 0 Å². The summed E-state index contributed by atoms with van der Waals surface area (Å²) in [5, 5.41) is 11.4. The van der Waals surface area contributed by atoms with Crippen LogP contribution in [0.1, 0.15) is 26.2 Å². The minimum atomic E-state index is -1.03. The molecule has 0 aromatic carbocycles. The van der Waals surface area contributed by atoms with Crippen LogP contribution < -0.4 is 5.32 Å². The summed E-state index contributed by atoms with van der Waals surface area (Å²) in [7, 11) is 0. The van der Waals surface area contributed by atoms with Crippen LogP contribution in [0.2, 0.25) is 0 Å². The number of imide groups is 1. The largest absolute Gasteiger partial charge is 0.481 e. The van der Waals surface area contributed by atoms with Crippen molar-refractivity contribution < 1.29 is 24.3 Å². The van der Waals surface area contributed by atoms with Gasteiger partial charge in [0.25, 0.3) is 0 Å². The maximum Gasteiger partial charge on any atom is 0.307 e. The molecule has 1 heterocycles. The fourth-order valence-electron chi connectivity index (χ4n) is 2.88. The maximum absolute atomic E-state index is 12.6. The van der Waals surface area contributed by atoms with Gasteiger partial charge in [-0.1, -0.05) is 19.1 Å². The zero-order chi connectivity index (χ0) is 15.6. The van der Waals surface area contributed by atoms with Crippen LogP contribution in [0.5, 0.6) is 0 Å². The molecule has 1 unspecified atom stereocenters.